The Bertz CT molecular complexity index is 702. The number of likely N-dealkylation sites (N-methyl/N-ethyl adjacent to an activating group) is 1. The SMILES string of the molecule is CCN(C(=O)C1CCNCC1)C(=O)C(C)(C)NC(=O)Nc1ccccc1Cl. The molecule has 4 amide bonds. The van der Waals surface area contributed by atoms with Crippen LogP contribution in [0.3, 0.4) is 0 Å². The van der Waals surface area contributed by atoms with Gasteiger partial charge < -0.3 is 16.0 Å². The number of benzene rings is 1. The summed E-state index contributed by atoms with van der Waals surface area (Å²) >= 11 is 6.04. The van der Waals surface area contributed by atoms with Crippen molar-refractivity contribution in [3.8, 4) is 0 Å². The number of carbonyl (C=O) groups is 3. The molecule has 0 bridgehead atoms. The van der Waals surface area contributed by atoms with Crippen LogP contribution >= 0.6 is 11.6 Å². The summed E-state index contributed by atoms with van der Waals surface area (Å²) in [5, 5.41) is 8.87. The number of halogens is 1. The predicted octanol–water partition coefficient (Wildman–Crippen LogP) is 2.61. The van der Waals surface area contributed by atoms with Crippen molar-refractivity contribution in [2.24, 2.45) is 5.92 Å². The highest BCUT2D eigenvalue weighted by molar-refractivity contribution is 6.33. The Morgan fingerprint density at radius 1 is 1.22 bits per heavy atom. The zero-order valence-electron chi connectivity index (χ0n) is 16.0. The molecule has 148 valence electrons. The summed E-state index contributed by atoms with van der Waals surface area (Å²) in [5.74, 6) is -0.767. The van der Waals surface area contributed by atoms with E-state index in [1.807, 2.05) is 0 Å². The van der Waals surface area contributed by atoms with E-state index in [-0.39, 0.29) is 18.4 Å². The molecule has 0 aliphatic carbocycles. The van der Waals surface area contributed by atoms with Gasteiger partial charge in [-0.1, -0.05) is 23.7 Å². The van der Waals surface area contributed by atoms with E-state index in [2.05, 4.69) is 16.0 Å². The van der Waals surface area contributed by atoms with Gasteiger partial charge in [-0.2, -0.15) is 0 Å². The van der Waals surface area contributed by atoms with Crippen molar-refractivity contribution in [3.05, 3.63) is 29.3 Å². The molecular weight excluding hydrogens is 368 g/mol. The highest BCUT2D eigenvalue weighted by Crippen LogP contribution is 2.21. The number of nitrogens with one attached hydrogen (secondary N) is 3. The van der Waals surface area contributed by atoms with Crippen LogP contribution in [-0.4, -0.2) is 47.9 Å². The van der Waals surface area contributed by atoms with E-state index in [1.54, 1.807) is 45.0 Å². The minimum atomic E-state index is -1.25. The fraction of sp³-hybridized carbons (Fsp3) is 0.526. The Labute approximate surface area is 164 Å². The minimum Gasteiger partial charge on any atom is -0.324 e. The number of carbonyl (C=O) groups excluding carboxylic acids is 3. The van der Waals surface area contributed by atoms with Crippen LogP contribution in [0.4, 0.5) is 10.5 Å². The number of piperidine rings is 1. The maximum Gasteiger partial charge on any atom is 0.320 e. The number of hydrogen-bond donors (Lipinski definition) is 3. The smallest absolute Gasteiger partial charge is 0.320 e. The normalized spacial score (nSPS) is 15.1. The van der Waals surface area contributed by atoms with Crippen molar-refractivity contribution in [1.82, 2.24) is 15.5 Å². The third-order valence-corrected chi connectivity index (χ3v) is 4.93. The number of nitrogens with zero attached hydrogens (tertiary/aromatic N) is 1. The monoisotopic (exact) mass is 394 g/mol. The summed E-state index contributed by atoms with van der Waals surface area (Å²) in [6.45, 7) is 6.73. The lowest BCUT2D eigenvalue weighted by Crippen LogP contribution is -2.59. The van der Waals surface area contributed by atoms with Gasteiger partial charge in [0.05, 0.1) is 10.7 Å². The van der Waals surface area contributed by atoms with Crippen LogP contribution in [0.25, 0.3) is 0 Å². The number of para-hydroxylation sites is 1. The molecule has 8 heteroatoms. The molecule has 27 heavy (non-hydrogen) atoms. The molecule has 1 aromatic carbocycles. The van der Waals surface area contributed by atoms with E-state index in [9.17, 15) is 14.4 Å². The van der Waals surface area contributed by atoms with Crippen LogP contribution in [0.2, 0.25) is 5.02 Å². The molecule has 0 spiro atoms. The van der Waals surface area contributed by atoms with Crippen molar-refractivity contribution in [2.45, 2.75) is 39.2 Å². The molecule has 0 saturated carbocycles. The summed E-state index contributed by atoms with van der Waals surface area (Å²) in [4.78, 5) is 39.3. The summed E-state index contributed by atoms with van der Waals surface area (Å²) in [5.41, 5.74) is -0.803. The van der Waals surface area contributed by atoms with Crippen molar-refractivity contribution in [3.63, 3.8) is 0 Å². The Morgan fingerprint density at radius 2 is 1.85 bits per heavy atom. The number of imide groups is 1. The highest BCUT2D eigenvalue weighted by atomic mass is 35.5. The zero-order chi connectivity index (χ0) is 20.0. The lowest BCUT2D eigenvalue weighted by atomic mass is 9.95. The first-order valence-corrected chi connectivity index (χ1v) is 9.54. The van der Waals surface area contributed by atoms with Crippen LogP contribution in [-0.2, 0) is 9.59 Å². The van der Waals surface area contributed by atoms with Gasteiger partial charge in [-0.25, -0.2) is 4.79 Å². The van der Waals surface area contributed by atoms with E-state index in [0.29, 0.717) is 23.6 Å². The van der Waals surface area contributed by atoms with Gasteiger partial charge in [-0.05, 0) is 58.8 Å². The molecule has 0 radical (unpaired) electrons. The first kappa shape index (κ1) is 21.2. The molecule has 3 N–H and O–H groups in total. The quantitative estimate of drug-likeness (QED) is 0.716. The molecule has 2 rings (SSSR count). The average Bonchev–Trinajstić information content (AvgIpc) is 2.64. The molecule has 1 saturated heterocycles. The van der Waals surface area contributed by atoms with Crippen molar-refractivity contribution in [2.75, 3.05) is 25.0 Å². The lowest BCUT2D eigenvalue weighted by molar-refractivity contribution is -0.151. The van der Waals surface area contributed by atoms with E-state index < -0.39 is 17.5 Å². The molecule has 1 aliphatic heterocycles. The molecule has 1 fully saturated rings. The van der Waals surface area contributed by atoms with Crippen LogP contribution < -0.4 is 16.0 Å². The minimum absolute atomic E-state index is 0.164. The van der Waals surface area contributed by atoms with E-state index >= 15 is 0 Å². The molecule has 1 aromatic rings. The highest BCUT2D eigenvalue weighted by Gasteiger charge is 2.38. The Balaban J connectivity index is 2.04. The number of anilines is 1. The molecule has 0 unspecified atom stereocenters. The van der Waals surface area contributed by atoms with Gasteiger partial charge >= 0.3 is 6.03 Å². The first-order chi connectivity index (χ1) is 12.8. The fourth-order valence-electron chi connectivity index (χ4n) is 3.08. The summed E-state index contributed by atoms with van der Waals surface area (Å²) in [6, 6.07) is 6.25. The Hall–Kier alpha value is -2.12. The molecule has 0 atom stereocenters. The largest absolute Gasteiger partial charge is 0.324 e. The second-order valence-corrected chi connectivity index (χ2v) is 7.50. The standard InChI is InChI=1S/C19H27ClN4O3/c1-4-24(16(25)13-9-11-21-12-10-13)17(26)19(2,3)23-18(27)22-15-8-6-5-7-14(15)20/h5-8,13,21H,4,9-12H2,1-3H3,(H2,22,23,27). The molecular formula is C19H27ClN4O3. The van der Waals surface area contributed by atoms with Gasteiger partial charge in [0, 0.05) is 12.5 Å². The number of rotatable bonds is 5. The van der Waals surface area contributed by atoms with Gasteiger partial charge in [0.25, 0.3) is 5.91 Å². The van der Waals surface area contributed by atoms with Gasteiger partial charge in [0.2, 0.25) is 5.91 Å². The number of hydrogen-bond acceptors (Lipinski definition) is 4. The third kappa shape index (κ3) is 5.43. The third-order valence-electron chi connectivity index (χ3n) is 4.60. The van der Waals surface area contributed by atoms with E-state index in [1.165, 1.54) is 4.90 Å². The van der Waals surface area contributed by atoms with Crippen molar-refractivity contribution < 1.29 is 14.4 Å². The molecule has 1 aliphatic rings. The van der Waals surface area contributed by atoms with Crippen LogP contribution in [0.1, 0.15) is 33.6 Å². The lowest BCUT2D eigenvalue weighted by Gasteiger charge is -2.33. The zero-order valence-corrected chi connectivity index (χ0v) is 16.7. The predicted molar refractivity (Wildman–Crippen MR) is 106 cm³/mol. The Kier molecular flexibility index (Phi) is 7.21. The average molecular weight is 395 g/mol. The van der Waals surface area contributed by atoms with E-state index in [4.69, 9.17) is 11.6 Å². The molecule has 1 heterocycles. The molecule has 7 nitrogen and oxygen atoms in total. The second-order valence-electron chi connectivity index (χ2n) is 7.10. The van der Waals surface area contributed by atoms with Crippen LogP contribution in [0.15, 0.2) is 24.3 Å². The van der Waals surface area contributed by atoms with Gasteiger partial charge in [-0.15, -0.1) is 0 Å². The first-order valence-electron chi connectivity index (χ1n) is 9.16. The Morgan fingerprint density at radius 3 is 2.44 bits per heavy atom. The molecule has 0 aromatic heterocycles. The summed E-state index contributed by atoms with van der Waals surface area (Å²) in [7, 11) is 0. The van der Waals surface area contributed by atoms with E-state index in [0.717, 1.165) is 13.1 Å². The summed E-state index contributed by atoms with van der Waals surface area (Å²) < 4.78 is 0. The van der Waals surface area contributed by atoms with Crippen LogP contribution in [0, 0.1) is 5.92 Å². The second kappa shape index (κ2) is 9.19. The van der Waals surface area contributed by atoms with Crippen molar-refractivity contribution in [1.29, 1.82) is 0 Å². The van der Waals surface area contributed by atoms with Gasteiger partial charge in [0.1, 0.15) is 5.54 Å². The number of urea groups is 1. The fourth-order valence-corrected chi connectivity index (χ4v) is 3.26. The van der Waals surface area contributed by atoms with Gasteiger partial charge in [-0.3, -0.25) is 14.5 Å². The topological polar surface area (TPSA) is 90.5 Å². The number of amides is 4. The summed E-state index contributed by atoms with van der Waals surface area (Å²) in [6.07, 6.45) is 1.42. The maximum atomic E-state index is 13.0. The van der Waals surface area contributed by atoms with Gasteiger partial charge in [0.15, 0.2) is 0 Å². The maximum absolute atomic E-state index is 13.0. The van der Waals surface area contributed by atoms with Crippen LogP contribution in [0.5, 0.6) is 0 Å². The van der Waals surface area contributed by atoms with Crippen molar-refractivity contribution >= 4 is 35.1 Å².